The average Bonchev–Trinajstić information content (AvgIpc) is 2.75. The van der Waals surface area contributed by atoms with Crippen molar-refractivity contribution in [1.29, 1.82) is 0 Å². The summed E-state index contributed by atoms with van der Waals surface area (Å²) >= 11 is 0. The van der Waals surface area contributed by atoms with Crippen LogP contribution in [0, 0.1) is 15.9 Å². The van der Waals surface area contributed by atoms with Gasteiger partial charge in [0.1, 0.15) is 11.6 Å². The van der Waals surface area contributed by atoms with Crippen molar-refractivity contribution >= 4 is 28.7 Å². The molecule has 8 nitrogen and oxygen atoms in total. The number of rotatable bonds is 5. The summed E-state index contributed by atoms with van der Waals surface area (Å²) in [7, 11) is 0. The summed E-state index contributed by atoms with van der Waals surface area (Å²) in [6, 6.07) is 8.29. The Hall–Kier alpha value is -2.94. The van der Waals surface area contributed by atoms with Crippen LogP contribution in [0.15, 0.2) is 30.3 Å². The summed E-state index contributed by atoms with van der Waals surface area (Å²) in [6.07, 6.45) is 3.27. The molecule has 3 heterocycles. The van der Waals surface area contributed by atoms with Gasteiger partial charge in [0.2, 0.25) is 5.82 Å². The molecule has 2 aromatic rings. The van der Waals surface area contributed by atoms with Gasteiger partial charge in [0, 0.05) is 50.5 Å². The first-order valence-electron chi connectivity index (χ1n) is 10.5. The second kappa shape index (κ2) is 8.83. The molecule has 0 amide bonds. The Kier molecular flexibility index (Phi) is 5.98. The van der Waals surface area contributed by atoms with E-state index in [1.807, 2.05) is 0 Å². The Balaban J connectivity index is 1.59. The van der Waals surface area contributed by atoms with Crippen molar-refractivity contribution in [2.75, 3.05) is 47.8 Å². The minimum absolute atomic E-state index is 0.120. The third-order valence-electron chi connectivity index (χ3n) is 5.82. The van der Waals surface area contributed by atoms with Crippen LogP contribution >= 0.6 is 0 Å². The predicted molar refractivity (Wildman–Crippen MR) is 116 cm³/mol. The summed E-state index contributed by atoms with van der Waals surface area (Å²) in [5.41, 5.74) is 0.877. The number of benzene rings is 1. The second-order valence-electron chi connectivity index (χ2n) is 7.86. The first-order chi connectivity index (χ1) is 14.5. The van der Waals surface area contributed by atoms with Gasteiger partial charge in [-0.15, -0.1) is 0 Å². The number of nitrogens with one attached hydrogen (secondary N) is 2. The monoisotopic (exact) mass is 414 g/mol. The van der Waals surface area contributed by atoms with E-state index < -0.39 is 4.92 Å². The molecule has 2 N–H and O–H groups in total. The maximum atomic E-state index is 14.9. The molecular weight excluding hydrogens is 387 g/mol. The number of anilines is 4. The van der Waals surface area contributed by atoms with Crippen LogP contribution in [-0.2, 0) is 0 Å². The molecule has 1 unspecified atom stereocenters. The number of nitro groups is 1. The standard InChI is InChI=1S/C21H27FN6O2/c1-15-4-2-3-11-27(15)18-6-5-16(14-17(18)22)24-21-19(28(29)30)7-8-20(25-21)26-12-9-23-10-13-26/h5-8,14-15,23H,2-4,9-13H2,1H3,(H,24,25). The molecule has 160 valence electrons. The van der Waals surface area contributed by atoms with Crippen molar-refractivity contribution in [3.63, 3.8) is 0 Å². The first-order valence-corrected chi connectivity index (χ1v) is 10.5. The van der Waals surface area contributed by atoms with Gasteiger partial charge in [0.05, 0.1) is 10.6 Å². The highest BCUT2D eigenvalue weighted by Gasteiger charge is 2.23. The summed E-state index contributed by atoms with van der Waals surface area (Å²) in [6.45, 7) is 6.18. The van der Waals surface area contributed by atoms with Crippen LogP contribution in [0.2, 0.25) is 0 Å². The number of aromatic nitrogens is 1. The van der Waals surface area contributed by atoms with Crippen molar-refractivity contribution in [2.24, 2.45) is 0 Å². The summed E-state index contributed by atoms with van der Waals surface area (Å²) in [4.78, 5) is 19.7. The van der Waals surface area contributed by atoms with Gasteiger partial charge < -0.3 is 20.4 Å². The molecule has 0 bridgehead atoms. The van der Waals surface area contributed by atoms with Crippen LogP contribution in [0.3, 0.4) is 0 Å². The fraction of sp³-hybridized carbons (Fsp3) is 0.476. The lowest BCUT2D eigenvalue weighted by molar-refractivity contribution is -0.384. The van der Waals surface area contributed by atoms with Crippen LogP contribution in [-0.4, -0.2) is 48.7 Å². The van der Waals surface area contributed by atoms with Crippen LogP contribution in [0.25, 0.3) is 0 Å². The highest BCUT2D eigenvalue weighted by atomic mass is 19.1. The summed E-state index contributed by atoms with van der Waals surface area (Å²) < 4.78 is 14.9. The third kappa shape index (κ3) is 4.30. The summed E-state index contributed by atoms with van der Waals surface area (Å²) in [5, 5.41) is 17.7. The second-order valence-corrected chi connectivity index (χ2v) is 7.86. The summed E-state index contributed by atoms with van der Waals surface area (Å²) in [5.74, 6) is 0.452. The molecule has 1 aromatic carbocycles. The minimum Gasteiger partial charge on any atom is -0.366 e. The molecule has 9 heteroatoms. The van der Waals surface area contributed by atoms with Crippen molar-refractivity contribution in [1.82, 2.24) is 10.3 Å². The zero-order valence-electron chi connectivity index (χ0n) is 17.1. The topological polar surface area (TPSA) is 86.6 Å². The van der Waals surface area contributed by atoms with Gasteiger partial charge in [-0.3, -0.25) is 10.1 Å². The highest BCUT2D eigenvalue weighted by Crippen LogP contribution is 2.32. The Morgan fingerprint density at radius 3 is 2.70 bits per heavy atom. The first kappa shape index (κ1) is 20.3. The number of piperidine rings is 1. The van der Waals surface area contributed by atoms with Crippen molar-refractivity contribution in [3.8, 4) is 0 Å². The van der Waals surface area contributed by atoms with Gasteiger partial charge in [-0.25, -0.2) is 9.37 Å². The molecule has 0 spiro atoms. The normalized spacial score (nSPS) is 19.6. The van der Waals surface area contributed by atoms with Crippen molar-refractivity contribution < 1.29 is 9.31 Å². The number of halogens is 1. The Morgan fingerprint density at radius 1 is 1.20 bits per heavy atom. The zero-order chi connectivity index (χ0) is 21.1. The Morgan fingerprint density at radius 2 is 2.00 bits per heavy atom. The van der Waals surface area contributed by atoms with Crippen LogP contribution in [0.4, 0.5) is 33.1 Å². The fourth-order valence-electron chi connectivity index (χ4n) is 4.16. The molecule has 1 aromatic heterocycles. The number of piperazine rings is 1. The lowest BCUT2D eigenvalue weighted by Gasteiger charge is -2.35. The van der Waals surface area contributed by atoms with Gasteiger partial charge in [-0.05, 0) is 50.5 Å². The smallest absolute Gasteiger partial charge is 0.311 e. The zero-order valence-corrected chi connectivity index (χ0v) is 17.1. The van der Waals surface area contributed by atoms with Crippen molar-refractivity contribution in [2.45, 2.75) is 32.2 Å². The molecule has 2 saturated heterocycles. The van der Waals surface area contributed by atoms with Gasteiger partial charge in [0.15, 0.2) is 0 Å². The van der Waals surface area contributed by atoms with E-state index in [-0.39, 0.29) is 17.3 Å². The quantitative estimate of drug-likeness (QED) is 0.570. The molecular formula is C21H27FN6O2. The van der Waals surface area contributed by atoms with E-state index >= 15 is 0 Å². The third-order valence-corrected chi connectivity index (χ3v) is 5.82. The Labute approximate surface area is 175 Å². The van der Waals surface area contributed by atoms with E-state index in [1.54, 1.807) is 18.2 Å². The predicted octanol–water partition coefficient (Wildman–Crippen LogP) is 3.66. The van der Waals surface area contributed by atoms with E-state index in [0.29, 0.717) is 23.2 Å². The highest BCUT2D eigenvalue weighted by molar-refractivity contribution is 5.69. The molecule has 2 aliphatic heterocycles. The lowest BCUT2D eigenvalue weighted by Crippen LogP contribution is -2.43. The van der Waals surface area contributed by atoms with Crippen molar-refractivity contribution in [3.05, 3.63) is 46.3 Å². The van der Waals surface area contributed by atoms with Crippen LogP contribution < -0.4 is 20.4 Å². The lowest BCUT2D eigenvalue weighted by atomic mass is 10.0. The van der Waals surface area contributed by atoms with E-state index in [9.17, 15) is 14.5 Å². The van der Waals surface area contributed by atoms with Crippen LogP contribution in [0.1, 0.15) is 26.2 Å². The minimum atomic E-state index is -0.475. The molecule has 30 heavy (non-hydrogen) atoms. The van der Waals surface area contributed by atoms with Gasteiger partial charge >= 0.3 is 5.69 Å². The Bertz CT molecular complexity index is 918. The molecule has 4 rings (SSSR count). The molecule has 0 radical (unpaired) electrons. The molecule has 2 fully saturated rings. The molecule has 2 aliphatic rings. The SMILES string of the molecule is CC1CCCCN1c1ccc(Nc2nc(N3CCNCC3)ccc2[N+](=O)[O-])cc1F. The van der Waals surface area contributed by atoms with Gasteiger partial charge in [-0.2, -0.15) is 0 Å². The van der Waals surface area contributed by atoms with E-state index in [0.717, 1.165) is 52.0 Å². The van der Waals surface area contributed by atoms with E-state index in [2.05, 4.69) is 32.3 Å². The molecule has 0 aliphatic carbocycles. The number of nitrogens with zero attached hydrogens (tertiary/aromatic N) is 4. The molecule has 0 saturated carbocycles. The van der Waals surface area contributed by atoms with Gasteiger partial charge in [0.25, 0.3) is 0 Å². The van der Waals surface area contributed by atoms with Gasteiger partial charge in [-0.1, -0.05) is 0 Å². The number of hydrogen-bond acceptors (Lipinski definition) is 7. The van der Waals surface area contributed by atoms with E-state index in [1.165, 1.54) is 12.1 Å². The largest absolute Gasteiger partial charge is 0.366 e. The number of pyridine rings is 1. The molecule has 1 atom stereocenters. The fourth-order valence-corrected chi connectivity index (χ4v) is 4.16. The maximum Gasteiger partial charge on any atom is 0.311 e. The van der Waals surface area contributed by atoms with E-state index in [4.69, 9.17) is 0 Å². The average molecular weight is 414 g/mol. The maximum absolute atomic E-state index is 14.9. The number of hydrogen-bond donors (Lipinski definition) is 2. The van der Waals surface area contributed by atoms with Crippen LogP contribution in [0.5, 0.6) is 0 Å².